The average molecular weight is 343 g/mol. The zero-order valence-electron chi connectivity index (χ0n) is 13.7. The minimum atomic E-state index is 0. The average Bonchev–Trinajstić information content (AvgIpc) is 2.56. The Morgan fingerprint density at radius 2 is 2.09 bits per heavy atom. The van der Waals surface area contributed by atoms with Crippen LogP contribution in [-0.2, 0) is 16.1 Å². The van der Waals surface area contributed by atoms with E-state index < -0.39 is 0 Å². The summed E-state index contributed by atoms with van der Waals surface area (Å²) in [7, 11) is 1.66. The number of piperidine rings is 1. The van der Waals surface area contributed by atoms with Crippen LogP contribution in [0.15, 0.2) is 24.3 Å². The molecule has 23 heavy (non-hydrogen) atoms. The summed E-state index contributed by atoms with van der Waals surface area (Å²) in [6, 6.07) is 7.66. The molecular formula is C17H27ClN2O3. The minimum Gasteiger partial charge on any atom is -0.380 e. The maximum Gasteiger partial charge on any atom is 0.253 e. The third-order valence-electron chi connectivity index (χ3n) is 3.92. The molecule has 2 N–H and O–H groups in total. The molecule has 1 amide bonds. The minimum absolute atomic E-state index is 0. The summed E-state index contributed by atoms with van der Waals surface area (Å²) < 4.78 is 10.9. The lowest BCUT2D eigenvalue weighted by atomic mass is 10.1. The van der Waals surface area contributed by atoms with Gasteiger partial charge >= 0.3 is 0 Å². The number of likely N-dealkylation sites (tertiary alicyclic amines) is 1. The van der Waals surface area contributed by atoms with E-state index >= 15 is 0 Å². The Balaban J connectivity index is 0.00000264. The van der Waals surface area contributed by atoms with Crippen molar-refractivity contribution in [1.29, 1.82) is 0 Å². The molecule has 0 aromatic heterocycles. The van der Waals surface area contributed by atoms with E-state index in [1.165, 1.54) is 0 Å². The van der Waals surface area contributed by atoms with E-state index in [9.17, 15) is 4.79 Å². The maximum absolute atomic E-state index is 12.6. The number of nitrogens with two attached hydrogens (primary N) is 1. The van der Waals surface area contributed by atoms with Crippen LogP contribution in [0.25, 0.3) is 0 Å². The van der Waals surface area contributed by atoms with Crippen LogP contribution in [0.2, 0.25) is 0 Å². The Morgan fingerprint density at radius 1 is 1.35 bits per heavy atom. The highest BCUT2D eigenvalue weighted by Crippen LogP contribution is 2.17. The topological polar surface area (TPSA) is 64.8 Å². The smallest absolute Gasteiger partial charge is 0.253 e. The third kappa shape index (κ3) is 6.11. The normalized spacial score (nSPS) is 15.3. The second-order valence-corrected chi connectivity index (χ2v) is 5.64. The van der Waals surface area contributed by atoms with Gasteiger partial charge in [0, 0.05) is 32.4 Å². The van der Waals surface area contributed by atoms with Crippen LogP contribution in [0.3, 0.4) is 0 Å². The molecule has 130 valence electrons. The van der Waals surface area contributed by atoms with Gasteiger partial charge in [0.25, 0.3) is 5.91 Å². The van der Waals surface area contributed by atoms with Crippen molar-refractivity contribution in [3.63, 3.8) is 0 Å². The first-order valence-electron chi connectivity index (χ1n) is 7.93. The van der Waals surface area contributed by atoms with Crippen molar-refractivity contribution in [2.45, 2.75) is 32.0 Å². The van der Waals surface area contributed by atoms with Crippen molar-refractivity contribution in [2.24, 2.45) is 5.73 Å². The van der Waals surface area contributed by atoms with E-state index in [0.29, 0.717) is 19.8 Å². The van der Waals surface area contributed by atoms with Crippen LogP contribution in [0.1, 0.15) is 35.2 Å². The summed E-state index contributed by atoms with van der Waals surface area (Å²) in [5.74, 6) is 0.0957. The predicted molar refractivity (Wildman–Crippen MR) is 93.0 cm³/mol. The summed E-state index contributed by atoms with van der Waals surface area (Å²) in [6.45, 7) is 3.41. The van der Waals surface area contributed by atoms with Crippen molar-refractivity contribution in [2.75, 3.05) is 33.4 Å². The summed E-state index contributed by atoms with van der Waals surface area (Å²) >= 11 is 0. The van der Waals surface area contributed by atoms with E-state index in [0.717, 1.165) is 43.5 Å². The Hall–Kier alpha value is -1.14. The molecular weight excluding hydrogens is 316 g/mol. The highest BCUT2D eigenvalue weighted by Gasteiger charge is 2.24. The van der Waals surface area contributed by atoms with Gasteiger partial charge in [0.2, 0.25) is 0 Å². The van der Waals surface area contributed by atoms with Gasteiger partial charge in [0.1, 0.15) is 0 Å². The molecule has 0 saturated carbocycles. The highest BCUT2D eigenvalue weighted by molar-refractivity contribution is 5.94. The van der Waals surface area contributed by atoms with Gasteiger partial charge in [0.15, 0.2) is 0 Å². The molecule has 1 saturated heterocycles. The van der Waals surface area contributed by atoms with Gasteiger partial charge < -0.3 is 20.1 Å². The molecule has 0 atom stereocenters. The fourth-order valence-electron chi connectivity index (χ4n) is 2.70. The van der Waals surface area contributed by atoms with Crippen molar-refractivity contribution >= 4 is 18.3 Å². The van der Waals surface area contributed by atoms with Gasteiger partial charge in [-0.25, -0.2) is 0 Å². The number of carbonyl (C=O) groups is 1. The molecule has 2 rings (SSSR count). The summed E-state index contributed by atoms with van der Waals surface area (Å²) in [4.78, 5) is 14.5. The first-order valence-corrected chi connectivity index (χ1v) is 7.93. The lowest BCUT2D eigenvalue weighted by Crippen LogP contribution is -2.41. The molecule has 1 fully saturated rings. The van der Waals surface area contributed by atoms with Gasteiger partial charge in [-0.15, -0.1) is 12.4 Å². The van der Waals surface area contributed by atoms with Crippen molar-refractivity contribution < 1.29 is 14.3 Å². The van der Waals surface area contributed by atoms with Crippen LogP contribution in [0.4, 0.5) is 0 Å². The second-order valence-electron chi connectivity index (χ2n) is 5.64. The van der Waals surface area contributed by atoms with Gasteiger partial charge in [0.05, 0.1) is 12.7 Å². The number of hydrogen-bond acceptors (Lipinski definition) is 4. The van der Waals surface area contributed by atoms with Gasteiger partial charge in [-0.1, -0.05) is 12.1 Å². The van der Waals surface area contributed by atoms with E-state index in [1.807, 2.05) is 29.2 Å². The Labute approximate surface area is 144 Å². The second kappa shape index (κ2) is 10.6. The molecule has 5 nitrogen and oxygen atoms in total. The van der Waals surface area contributed by atoms with E-state index in [1.54, 1.807) is 7.11 Å². The predicted octanol–water partition coefficient (Wildman–Crippen LogP) is 2.22. The lowest BCUT2D eigenvalue weighted by Gasteiger charge is -2.32. The molecule has 0 spiro atoms. The Bertz CT molecular complexity index is 477. The number of carbonyl (C=O) groups excluding carboxylic acids is 1. The van der Waals surface area contributed by atoms with E-state index in [2.05, 4.69) is 0 Å². The summed E-state index contributed by atoms with van der Waals surface area (Å²) in [6.07, 6.45) is 2.95. The largest absolute Gasteiger partial charge is 0.380 e. The molecule has 6 heteroatoms. The number of amides is 1. The lowest BCUT2D eigenvalue weighted by molar-refractivity contribution is 0.00844. The number of rotatable bonds is 7. The number of methoxy groups -OCH3 is 1. The van der Waals surface area contributed by atoms with E-state index in [-0.39, 0.29) is 24.4 Å². The van der Waals surface area contributed by atoms with Crippen LogP contribution in [-0.4, -0.2) is 50.3 Å². The third-order valence-corrected chi connectivity index (χ3v) is 3.92. The fraction of sp³-hybridized carbons (Fsp3) is 0.588. The van der Waals surface area contributed by atoms with Gasteiger partial charge in [-0.3, -0.25) is 4.79 Å². The molecule has 1 aliphatic rings. The Kier molecular flexibility index (Phi) is 9.17. The van der Waals surface area contributed by atoms with Gasteiger partial charge in [-0.05, 0) is 43.5 Å². The molecule has 1 aromatic rings. The first-order chi connectivity index (χ1) is 10.7. The van der Waals surface area contributed by atoms with Crippen LogP contribution in [0.5, 0.6) is 0 Å². The first kappa shape index (κ1) is 19.9. The zero-order valence-corrected chi connectivity index (χ0v) is 14.5. The monoisotopic (exact) mass is 342 g/mol. The summed E-state index contributed by atoms with van der Waals surface area (Å²) in [5, 5.41) is 0. The number of benzene rings is 1. The number of nitrogens with zero attached hydrogens (tertiary/aromatic N) is 1. The molecule has 0 bridgehead atoms. The number of halogens is 1. The van der Waals surface area contributed by atoms with Crippen molar-refractivity contribution in [3.8, 4) is 0 Å². The van der Waals surface area contributed by atoms with Crippen LogP contribution >= 0.6 is 12.4 Å². The zero-order chi connectivity index (χ0) is 15.8. The quantitative estimate of drug-likeness (QED) is 0.772. The molecule has 0 aliphatic carbocycles. The molecule has 1 aliphatic heterocycles. The molecule has 0 unspecified atom stereocenters. The standard InChI is InChI=1S/C17H26N2O3.ClH/c1-21-13-14-4-2-5-15(12-14)17(20)19-9-6-16(7-10-19)22-11-3-8-18;/h2,4-5,12,16H,3,6-11,13,18H2,1H3;1H. The summed E-state index contributed by atoms with van der Waals surface area (Å²) in [5.41, 5.74) is 7.22. The SMILES string of the molecule is COCc1cccc(C(=O)N2CCC(OCCCN)CC2)c1.Cl. The molecule has 1 heterocycles. The molecule has 0 radical (unpaired) electrons. The fourth-order valence-corrected chi connectivity index (χ4v) is 2.70. The molecule has 1 aromatic carbocycles. The Morgan fingerprint density at radius 3 is 2.74 bits per heavy atom. The van der Waals surface area contributed by atoms with Crippen molar-refractivity contribution in [3.05, 3.63) is 35.4 Å². The number of hydrogen-bond donors (Lipinski definition) is 1. The number of ether oxygens (including phenoxy) is 2. The van der Waals surface area contributed by atoms with Gasteiger partial charge in [-0.2, -0.15) is 0 Å². The van der Waals surface area contributed by atoms with Crippen LogP contribution in [0, 0.1) is 0 Å². The maximum atomic E-state index is 12.6. The van der Waals surface area contributed by atoms with E-state index in [4.69, 9.17) is 15.2 Å². The van der Waals surface area contributed by atoms with Crippen LogP contribution < -0.4 is 5.73 Å². The van der Waals surface area contributed by atoms with Crippen molar-refractivity contribution in [1.82, 2.24) is 4.90 Å². The highest BCUT2D eigenvalue weighted by atomic mass is 35.5.